The lowest BCUT2D eigenvalue weighted by Gasteiger charge is -2.39. The minimum atomic E-state index is -0.0493. The van der Waals surface area contributed by atoms with Crippen molar-refractivity contribution in [2.75, 3.05) is 25.0 Å². The summed E-state index contributed by atoms with van der Waals surface area (Å²) in [5, 5.41) is 3.40. The van der Waals surface area contributed by atoms with Gasteiger partial charge in [-0.15, -0.1) is 0 Å². The average molecular weight is 328 g/mol. The van der Waals surface area contributed by atoms with Crippen LogP contribution < -0.4 is 5.32 Å². The van der Waals surface area contributed by atoms with Crippen LogP contribution in [0.4, 0.5) is 5.95 Å². The van der Waals surface area contributed by atoms with E-state index >= 15 is 0 Å². The highest BCUT2D eigenvalue weighted by Gasteiger charge is 2.43. The van der Waals surface area contributed by atoms with E-state index in [9.17, 15) is 0 Å². The molecule has 2 aromatic heterocycles. The number of nitrogens with one attached hydrogen (secondary N) is 1. The van der Waals surface area contributed by atoms with Crippen LogP contribution in [0.3, 0.4) is 0 Å². The Kier molecular flexibility index (Phi) is 4.24. The van der Waals surface area contributed by atoms with Gasteiger partial charge >= 0.3 is 0 Å². The van der Waals surface area contributed by atoms with Gasteiger partial charge in [0, 0.05) is 25.4 Å². The van der Waals surface area contributed by atoms with E-state index in [0.29, 0.717) is 12.6 Å². The normalized spacial score (nSPS) is 27.6. The van der Waals surface area contributed by atoms with Crippen molar-refractivity contribution in [3.05, 3.63) is 42.1 Å². The van der Waals surface area contributed by atoms with Crippen LogP contribution in [0, 0.1) is 6.92 Å². The molecule has 4 rings (SSSR count). The summed E-state index contributed by atoms with van der Waals surface area (Å²) < 4.78 is 12.0. The maximum atomic E-state index is 6.25. The van der Waals surface area contributed by atoms with Crippen molar-refractivity contribution in [1.29, 1.82) is 0 Å². The molecule has 128 valence electrons. The molecule has 2 fully saturated rings. The molecule has 4 heterocycles. The lowest BCUT2D eigenvalue weighted by Crippen LogP contribution is -2.47. The Labute approximate surface area is 142 Å². The summed E-state index contributed by atoms with van der Waals surface area (Å²) in [5.41, 5.74) is -0.0493. The van der Waals surface area contributed by atoms with Crippen LogP contribution in [-0.4, -0.2) is 46.2 Å². The van der Waals surface area contributed by atoms with Crippen LogP contribution in [0.25, 0.3) is 0 Å². The summed E-state index contributed by atoms with van der Waals surface area (Å²) in [4.78, 5) is 10.9. The standard InChI is InChI=1S/C18H24N4O2/c1-14-4-5-16(24-14)11-22-9-2-6-18(13-22)10-15(12-23-18)21-17-19-7-3-8-20-17/h3-5,7-8,15H,2,6,9-13H2,1H3,(H,19,20,21)/t15-,18-/m1/s1. The third-order valence-corrected chi connectivity index (χ3v) is 4.90. The third kappa shape index (κ3) is 3.44. The van der Waals surface area contributed by atoms with Crippen molar-refractivity contribution in [3.63, 3.8) is 0 Å². The minimum absolute atomic E-state index is 0.0493. The number of ether oxygens (including phenoxy) is 1. The van der Waals surface area contributed by atoms with Crippen LogP contribution in [0.5, 0.6) is 0 Å². The largest absolute Gasteiger partial charge is 0.465 e. The maximum Gasteiger partial charge on any atom is 0.222 e. The zero-order chi connectivity index (χ0) is 16.4. The molecule has 6 heteroatoms. The highest BCUT2D eigenvalue weighted by molar-refractivity contribution is 5.25. The molecular formula is C18H24N4O2. The molecule has 0 saturated carbocycles. The highest BCUT2D eigenvalue weighted by atomic mass is 16.5. The van der Waals surface area contributed by atoms with Crippen molar-refractivity contribution < 1.29 is 9.15 Å². The van der Waals surface area contributed by atoms with E-state index < -0.39 is 0 Å². The fourth-order valence-corrected chi connectivity index (χ4v) is 3.89. The summed E-state index contributed by atoms with van der Waals surface area (Å²) >= 11 is 0. The number of aryl methyl sites for hydroxylation is 1. The Bertz CT molecular complexity index is 675. The Hall–Kier alpha value is -1.92. The smallest absolute Gasteiger partial charge is 0.222 e. The maximum absolute atomic E-state index is 6.25. The van der Waals surface area contributed by atoms with Gasteiger partial charge in [0.15, 0.2) is 0 Å². The van der Waals surface area contributed by atoms with Gasteiger partial charge in [-0.3, -0.25) is 4.90 Å². The predicted octanol–water partition coefficient (Wildman–Crippen LogP) is 2.61. The lowest BCUT2D eigenvalue weighted by atomic mass is 9.88. The van der Waals surface area contributed by atoms with Gasteiger partial charge in [0.2, 0.25) is 5.95 Å². The number of aromatic nitrogens is 2. The molecule has 0 aliphatic carbocycles. The molecular weight excluding hydrogens is 304 g/mol. The minimum Gasteiger partial charge on any atom is -0.465 e. The molecule has 2 saturated heterocycles. The quantitative estimate of drug-likeness (QED) is 0.931. The van der Waals surface area contributed by atoms with E-state index in [1.807, 2.05) is 19.1 Å². The number of nitrogens with zero attached hydrogens (tertiary/aromatic N) is 3. The molecule has 1 N–H and O–H groups in total. The van der Waals surface area contributed by atoms with Gasteiger partial charge in [-0.2, -0.15) is 0 Å². The van der Waals surface area contributed by atoms with Crippen molar-refractivity contribution in [2.45, 2.75) is 44.4 Å². The molecule has 2 aliphatic rings. The fourth-order valence-electron chi connectivity index (χ4n) is 3.89. The first kappa shape index (κ1) is 15.6. The number of furan rings is 1. The Morgan fingerprint density at radius 1 is 1.33 bits per heavy atom. The van der Waals surface area contributed by atoms with Gasteiger partial charge in [0.1, 0.15) is 11.5 Å². The van der Waals surface area contributed by atoms with Crippen LogP contribution in [0.2, 0.25) is 0 Å². The van der Waals surface area contributed by atoms with Crippen molar-refractivity contribution in [3.8, 4) is 0 Å². The van der Waals surface area contributed by atoms with Crippen LogP contribution >= 0.6 is 0 Å². The van der Waals surface area contributed by atoms with Gasteiger partial charge < -0.3 is 14.5 Å². The average Bonchev–Trinajstić information content (AvgIpc) is 3.15. The summed E-state index contributed by atoms with van der Waals surface area (Å²) in [6.07, 6.45) is 6.80. The van der Waals surface area contributed by atoms with Crippen molar-refractivity contribution in [2.24, 2.45) is 0 Å². The number of hydrogen-bond donors (Lipinski definition) is 1. The number of likely N-dealkylation sites (tertiary alicyclic amines) is 1. The Morgan fingerprint density at radius 3 is 3.00 bits per heavy atom. The lowest BCUT2D eigenvalue weighted by molar-refractivity contribution is -0.0544. The molecule has 24 heavy (non-hydrogen) atoms. The first-order valence-electron chi connectivity index (χ1n) is 8.66. The van der Waals surface area contributed by atoms with E-state index in [0.717, 1.165) is 50.4 Å². The van der Waals surface area contributed by atoms with E-state index in [1.165, 1.54) is 0 Å². The number of hydrogen-bond acceptors (Lipinski definition) is 6. The summed E-state index contributed by atoms with van der Waals surface area (Å²) in [7, 11) is 0. The predicted molar refractivity (Wildman–Crippen MR) is 90.7 cm³/mol. The monoisotopic (exact) mass is 328 g/mol. The topological polar surface area (TPSA) is 63.4 Å². The van der Waals surface area contributed by atoms with Crippen molar-refractivity contribution in [1.82, 2.24) is 14.9 Å². The zero-order valence-electron chi connectivity index (χ0n) is 14.1. The molecule has 2 atom stereocenters. The molecule has 0 unspecified atom stereocenters. The van der Waals surface area contributed by atoms with Crippen LogP contribution in [0.1, 0.15) is 30.8 Å². The van der Waals surface area contributed by atoms with E-state index in [-0.39, 0.29) is 11.6 Å². The van der Waals surface area contributed by atoms with E-state index in [4.69, 9.17) is 9.15 Å². The Balaban J connectivity index is 1.36. The van der Waals surface area contributed by atoms with E-state index in [1.54, 1.807) is 12.4 Å². The Morgan fingerprint density at radius 2 is 2.21 bits per heavy atom. The fraction of sp³-hybridized carbons (Fsp3) is 0.556. The van der Waals surface area contributed by atoms with Gasteiger partial charge in [-0.25, -0.2) is 9.97 Å². The number of rotatable bonds is 4. The molecule has 0 bridgehead atoms. The molecule has 1 spiro atoms. The molecule has 0 aromatic carbocycles. The second kappa shape index (κ2) is 6.53. The van der Waals surface area contributed by atoms with Crippen LogP contribution in [0.15, 0.2) is 35.0 Å². The van der Waals surface area contributed by atoms with Gasteiger partial charge in [0.05, 0.1) is 24.8 Å². The van der Waals surface area contributed by atoms with Crippen LogP contribution in [-0.2, 0) is 11.3 Å². The molecule has 2 aromatic rings. The molecule has 0 amide bonds. The molecule has 2 aliphatic heterocycles. The van der Waals surface area contributed by atoms with Gasteiger partial charge in [-0.1, -0.05) is 0 Å². The van der Waals surface area contributed by atoms with Gasteiger partial charge in [-0.05, 0) is 44.5 Å². The SMILES string of the molecule is Cc1ccc(CN2CCC[C@@]3(C[C@@H](Nc4ncccn4)CO3)C2)o1. The summed E-state index contributed by atoms with van der Waals surface area (Å²) in [5.74, 6) is 2.69. The zero-order valence-corrected chi connectivity index (χ0v) is 14.1. The first-order valence-corrected chi connectivity index (χ1v) is 8.66. The van der Waals surface area contributed by atoms with Crippen molar-refractivity contribution >= 4 is 5.95 Å². The summed E-state index contributed by atoms with van der Waals surface area (Å²) in [6.45, 7) is 5.62. The van der Waals surface area contributed by atoms with Gasteiger partial charge in [0.25, 0.3) is 0 Å². The number of anilines is 1. The second-order valence-corrected chi connectivity index (χ2v) is 6.94. The van der Waals surface area contributed by atoms with E-state index in [2.05, 4.69) is 26.3 Å². The third-order valence-electron chi connectivity index (χ3n) is 4.90. The molecule has 6 nitrogen and oxygen atoms in total. The first-order chi connectivity index (χ1) is 11.7. The number of piperidine rings is 1. The second-order valence-electron chi connectivity index (χ2n) is 6.94. The summed E-state index contributed by atoms with van der Waals surface area (Å²) in [6, 6.07) is 6.20. The molecule has 0 radical (unpaired) electrons. The highest BCUT2D eigenvalue weighted by Crippen LogP contribution is 2.36.